The number of anilines is 1. The van der Waals surface area contributed by atoms with Crippen LogP contribution in [0.25, 0.3) is 21.8 Å². The highest BCUT2D eigenvalue weighted by atomic mass is 16.6. The fourth-order valence-corrected chi connectivity index (χ4v) is 3.99. The Kier molecular flexibility index (Phi) is 5.78. The number of rotatable bonds is 8. The van der Waals surface area contributed by atoms with Crippen LogP contribution in [-0.2, 0) is 19.7 Å². The summed E-state index contributed by atoms with van der Waals surface area (Å²) in [6.07, 6.45) is 0. The summed E-state index contributed by atoms with van der Waals surface area (Å²) in [6.45, 7) is 3.37. The summed E-state index contributed by atoms with van der Waals surface area (Å²) < 4.78 is 7.74. The molecule has 0 aliphatic carbocycles. The maximum Gasteiger partial charge on any atom is 0.296 e. The Hall–Kier alpha value is -4.46. The van der Waals surface area contributed by atoms with Gasteiger partial charge in [0.1, 0.15) is 18.0 Å². The smallest absolute Gasteiger partial charge is 0.296 e. The second-order valence-corrected chi connectivity index (χ2v) is 7.85. The lowest BCUT2D eigenvalue weighted by atomic mass is 10.2. The lowest BCUT2D eigenvalue weighted by Crippen LogP contribution is -2.05. The Morgan fingerprint density at radius 2 is 1.85 bits per heavy atom. The first kappa shape index (κ1) is 21.4. The number of aromatic nitrogens is 3. The van der Waals surface area contributed by atoms with Gasteiger partial charge in [0.05, 0.1) is 40.0 Å². The van der Waals surface area contributed by atoms with Crippen LogP contribution in [0.3, 0.4) is 0 Å². The van der Waals surface area contributed by atoms with Gasteiger partial charge in [-0.25, -0.2) is 4.98 Å². The van der Waals surface area contributed by atoms with Crippen molar-refractivity contribution >= 4 is 33.2 Å². The molecule has 0 radical (unpaired) electrons. The molecule has 8 heteroatoms. The second-order valence-electron chi connectivity index (χ2n) is 7.85. The van der Waals surface area contributed by atoms with Crippen LogP contribution in [0.15, 0.2) is 78.9 Å². The molecule has 5 aromatic rings. The highest BCUT2D eigenvalue weighted by Crippen LogP contribution is 2.30. The van der Waals surface area contributed by atoms with Crippen LogP contribution in [-0.4, -0.2) is 19.7 Å². The summed E-state index contributed by atoms with van der Waals surface area (Å²) >= 11 is 0. The molecule has 0 bridgehead atoms. The zero-order chi connectivity index (χ0) is 23.5. The van der Waals surface area contributed by atoms with E-state index in [9.17, 15) is 10.1 Å². The zero-order valence-electron chi connectivity index (χ0n) is 18.6. The number of nitrogens with zero attached hydrogens (tertiary/aromatic N) is 4. The van der Waals surface area contributed by atoms with Crippen LogP contribution in [0, 0.1) is 10.1 Å². The van der Waals surface area contributed by atoms with E-state index in [1.807, 2.05) is 72.3 Å². The minimum absolute atomic E-state index is 0.0526. The Morgan fingerprint density at radius 1 is 1.03 bits per heavy atom. The molecular weight excluding hydrogens is 430 g/mol. The fraction of sp³-hybridized carbons (Fsp3) is 0.154. The normalized spacial score (nSPS) is 11.1. The predicted molar refractivity (Wildman–Crippen MR) is 132 cm³/mol. The van der Waals surface area contributed by atoms with Gasteiger partial charge in [-0.3, -0.25) is 14.8 Å². The summed E-state index contributed by atoms with van der Waals surface area (Å²) in [5.74, 6) is 0.410. The summed E-state index contributed by atoms with van der Waals surface area (Å²) in [6, 6.07) is 24.5. The minimum atomic E-state index is -0.410. The summed E-state index contributed by atoms with van der Waals surface area (Å²) in [5.41, 5.74) is 3.88. The number of aryl methyl sites for hydroxylation is 1. The quantitative estimate of drug-likeness (QED) is 0.239. The number of nitro benzene ring substituents is 1. The molecule has 2 heterocycles. The molecule has 3 aromatic carbocycles. The first-order chi connectivity index (χ1) is 16.6. The number of hydrogen-bond acceptors (Lipinski definition) is 6. The standard InChI is InChI=1S/C26H23N5O3/c1-2-30-25-10-6-4-8-21(25)24(29-30)16-27-23-14-13-20(15-26(23)31(32)33)34-17-19-12-11-18-7-3-5-9-22(18)28-19/h3-15,27H,2,16-17H2,1H3. The number of fused-ring (bicyclic) bond motifs is 2. The molecule has 0 aliphatic heterocycles. The van der Waals surface area contributed by atoms with Gasteiger partial charge in [0.25, 0.3) is 5.69 Å². The van der Waals surface area contributed by atoms with Gasteiger partial charge in [-0.1, -0.05) is 42.5 Å². The monoisotopic (exact) mass is 453 g/mol. The maximum absolute atomic E-state index is 11.7. The summed E-state index contributed by atoms with van der Waals surface area (Å²) in [7, 11) is 0. The van der Waals surface area contributed by atoms with Crippen molar-refractivity contribution in [3.63, 3.8) is 0 Å². The van der Waals surface area contributed by atoms with Crippen molar-refractivity contribution in [3.05, 3.63) is 100 Å². The van der Waals surface area contributed by atoms with Gasteiger partial charge in [0.2, 0.25) is 0 Å². The summed E-state index contributed by atoms with van der Waals surface area (Å²) in [5, 5.41) is 21.7. The first-order valence-electron chi connectivity index (χ1n) is 11.1. The predicted octanol–water partition coefficient (Wildman–Crippen LogP) is 5.70. The number of hydrogen-bond donors (Lipinski definition) is 1. The van der Waals surface area contributed by atoms with Gasteiger partial charge in [-0.2, -0.15) is 5.10 Å². The van der Waals surface area contributed by atoms with E-state index in [1.54, 1.807) is 12.1 Å². The molecule has 0 saturated heterocycles. The molecule has 0 spiro atoms. The van der Waals surface area contributed by atoms with E-state index in [0.717, 1.165) is 39.7 Å². The molecule has 8 nitrogen and oxygen atoms in total. The molecule has 0 fully saturated rings. The molecule has 0 unspecified atom stereocenters. The summed E-state index contributed by atoms with van der Waals surface area (Å²) in [4.78, 5) is 15.9. The van der Waals surface area contributed by atoms with E-state index < -0.39 is 4.92 Å². The Balaban J connectivity index is 1.32. The third-order valence-corrected chi connectivity index (χ3v) is 5.69. The van der Waals surface area contributed by atoms with Crippen molar-refractivity contribution in [2.75, 3.05) is 5.32 Å². The fourth-order valence-electron chi connectivity index (χ4n) is 3.99. The third kappa shape index (κ3) is 4.25. The number of pyridine rings is 1. The first-order valence-corrected chi connectivity index (χ1v) is 11.1. The molecular formula is C26H23N5O3. The SMILES string of the molecule is CCn1nc(CNc2ccc(OCc3ccc4ccccc4n3)cc2[N+](=O)[O-])c2ccccc21. The topological polar surface area (TPSA) is 95.1 Å². The van der Waals surface area contributed by atoms with Gasteiger partial charge in [-0.05, 0) is 37.3 Å². The second kappa shape index (κ2) is 9.19. The van der Waals surface area contributed by atoms with Gasteiger partial charge in [0, 0.05) is 17.3 Å². The molecule has 170 valence electrons. The van der Waals surface area contributed by atoms with E-state index in [0.29, 0.717) is 18.0 Å². The molecule has 0 atom stereocenters. The van der Waals surface area contributed by atoms with E-state index in [-0.39, 0.29) is 12.3 Å². The Bertz CT molecular complexity index is 1490. The third-order valence-electron chi connectivity index (χ3n) is 5.69. The van der Waals surface area contributed by atoms with E-state index in [2.05, 4.69) is 15.4 Å². The van der Waals surface area contributed by atoms with Gasteiger partial charge in [-0.15, -0.1) is 0 Å². The zero-order valence-corrected chi connectivity index (χ0v) is 18.6. The van der Waals surface area contributed by atoms with E-state index in [4.69, 9.17) is 4.74 Å². The molecule has 0 saturated carbocycles. The molecule has 5 rings (SSSR count). The average Bonchev–Trinajstić information content (AvgIpc) is 3.24. The van der Waals surface area contributed by atoms with Crippen LogP contribution in [0.4, 0.5) is 11.4 Å². The van der Waals surface area contributed by atoms with Crippen molar-refractivity contribution in [2.45, 2.75) is 26.6 Å². The number of nitrogens with one attached hydrogen (secondary N) is 1. The van der Waals surface area contributed by atoms with Crippen LogP contribution in [0.5, 0.6) is 5.75 Å². The lowest BCUT2D eigenvalue weighted by molar-refractivity contribution is -0.384. The number of ether oxygens (including phenoxy) is 1. The van der Waals surface area contributed by atoms with Crippen molar-refractivity contribution in [1.82, 2.24) is 14.8 Å². The van der Waals surface area contributed by atoms with Crippen LogP contribution in [0.1, 0.15) is 18.3 Å². The van der Waals surface area contributed by atoms with Crippen molar-refractivity contribution in [1.29, 1.82) is 0 Å². The van der Waals surface area contributed by atoms with Crippen molar-refractivity contribution < 1.29 is 9.66 Å². The lowest BCUT2D eigenvalue weighted by Gasteiger charge is -2.10. The van der Waals surface area contributed by atoms with Crippen molar-refractivity contribution in [3.8, 4) is 5.75 Å². The highest BCUT2D eigenvalue weighted by molar-refractivity contribution is 5.82. The molecule has 0 aliphatic rings. The minimum Gasteiger partial charge on any atom is -0.487 e. The molecule has 2 aromatic heterocycles. The van der Waals surface area contributed by atoms with Gasteiger partial charge in [0.15, 0.2) is 0 Å². The highest BCUT2D eigenvalue weighted by Gasteiger charge is 2.17. The van der Waals surface area contributed by atoms with Crippen molar-refractivity contribution in [2.24, 2.45) is 0 Å². The molecule has 1 N–H and O–H groups in total. The number of para-hydroxylation sites is 2. The average molecular weight is 454 g/mol. The largest absolute Gasteiger partial charge is 0.487 e. The van der Waals surface area contributed by atoms with Gasteiger partial charge < -0.3 is 10.1 Å². The molecule has 34 heavy (non-hydrogen) atoms. The van der Waals surface area contributed by atoms with Crippen LogP contribution >= 0.6 is 0 Å². The van der Waals surface area contributed by atoms with E-state index >= 15 is 0 Å². The molecule has 0 amide bonds. The number of nitro groups is 1. The van der Waals surface area contributed by atoms with Gasteiger partial charge >= 0.3 is 0 Å². The van der Waals surface area contributed by atoms with E-state index in [1.165, 1.54) is 6.07 Å². The van der Waals surface area contributed by atoms with Crippen LogP contribution in [0.2, 0.25) is 0 Å². The van der Waals surface area contributed by atoms with Crippen LogP contribution < -0.4 is 10.1 Å². The Morgan fingerprint density at radius 3 is 2.71 bits per heavy atom. The maximum atomic E-state index is 11.7. The number of benzene rings is 3. The Labute approximate surface area is 196 Å².